The summed E-state index contributed by atoms with van der Waals surface area (Å²) < 4.78 is 54.6. The number of hydrogen-bond acceptors (Lipinski definition) is 11. The molecule has 0 spiro atoms. The number of rotatable bonds is 9. The maximum Gasteiger partial charge on any atom is 0.408 e. The van der Waals surface area contributed by atoms with Crippen molar-refractivity contribution in [3.05, 3.63) is 119 Å². The Hall–Kier alpha value is -6.81. The number of esters is 2. The number of nitrogens with zero attached hydrogens (tertiary/aromatic N) is 2. The van der Waals surface area contributed by atoms with Crippen molar-refractivity contribution in [1.82, 2.24) is 25.3 Å². The summed E-state index contributed by atoms with van der Waals surface area (Å²) in [6, 6.07) is 16.6. The molecule has 7 rings (SSSR count). The highest BCUT2D eigenvalue weighted by Crippen LogP contribution is 2.39. The molecule has 0 unspecified atom stereocenters. The molecule has 4 heterocycles. The first-order valence-electron chi connectivity index (χ1n) is 18.8. The smallest absolute Gasteiger partial charge is 0.408 e. The Morgan fingerprint density at radius 2 is 1.23 bits per heavy atom. The van der Waals surface area contributed by atoms with Crippen molar-refractivity contribution >= 4 is 39.8 Å². The highest BCUT2D eigenvalue weighted by Gasteiger charge is 2.36. The quantitative estimate of drug-likeness (QED) is 0.0796. The van der Waals surface area contributed by atoms with Gasteiger partial charge in [-0.15, -0.1) is 0 Å². The van der Waals surface area contributed by atoms with E-state index in [1.165, 1.54) is 38.5 Å². The second-order valence-electron chi connectivity index (χ2n) is 16.1. The van der Waals surface area contributed by atoms with E-state index in [0.29, 0.717) is 32.9 Å². The van der Waals surface area contributed by atoms with Crippen LogP contribution in [0, 0.1) is 22.5 Å². The number of nitrogens with one attached hydrogen (secondary N) is 3. The number of carbonyl (C=O) groups is 3. The van der Waals surface area contributed by atoms with Gasteiger partial charge in [-0.05, 0) is 52.8 Å². The zero-order valence-corrected chi connectivity index (χ0v) is 34.4. The van der Waals surface area contributed by atoms with E-state index in [4.69, 9.17) is 28.8 Å². The van der Waals surface area contributed by atoms with Gasteiger partial charge >= 0.3 is 18.0 Å². The molecule has 61 heavy (non-hydrogen) atoms. The molecule has 14 nitrogen and oxygen atoms in total. The summed E-state index contributed by atoms with van der Waals surface area (Å²) >= 11 is 0. The number of halogens is 2. The van der Waals surface area contributed by atoms with Crippen LogP contribution in [0.2, 0.25) is 0 Å². The molecule has 3 aromatic carbocycles. The standard InChI is InChI=1S/C26H26FN3O5.C18H20FN3O3.CH4.H2/c1-26(2,3)22(30-25(32)34-14-15-8-6-5-7-9-15)23-29-20(24(31)33-4)21(35-23)18-13-28-19-11-10-16(27)12-17(18)19;1-18(2,3)15(20)16-22-13(17(23)24-4)14(25-16)11-8-21-12-6-5-9(19)7-10(11)12;;/h5-13,22,28H,14H2,1-4H3,(H,30,32);5-8,15,21H,20H2,1-4H3;1H4;1H/t22-;15-;;/m11../s1. The van der Waals surface area contributed by atoms with Crippen LogP contribution in [0.15, 0.2) is 88.0 Å². The normalized spacial score (nSPS) is 12.5. The minimum Gasteiger partial charge on any atom is -0.464 e. The summed E-state index contributed by atoms with van der Waals surface area (Å²) in [5, 5.41) is 3.89. The Morgan fingerprint density at radius 1 is 0.754 bits per heavy atom. The number of ether oxygens (including phenoxy) is 3. The number of methoxy groups -OCH3 is 2. The number of aromatic amines is 2. The third kappa shape index (κ3) is 9.98. The number of H-pyrrole nitrogens is 2. The largest absolute Gasteiger partial charge is 0.464 e. The van der Waals surface area contributed by atoms with Crippen LogP contribution in [-0.4, -0.2) is 52.2 Å². The lowest BCUT2D eigenvalue weighted by Gasteiger charge is -2.28. The average molecular weight is 843 g/mol. The molecule has 0 saturated carbocycles. The van der Waals surface area contributed by atoms with Crippen LogP contribution in [0.25, 0.3) is 44.5 Å². The molecule has 2 atom stereocenters. The van der Waals surface area contributed by atoms with Crippen molar-refractivity contribution < 1.29 is 47.6 Å². The minimum atomic E-state index is -0.745. The molecule has 7 aromatic rings. The van der Waals surface area contributed by atoms with Gasteiger partial charge < -0.3 is 44.1 Å². The number of alkyl carbamates (subject to hydrolysis) is 1. The summed E-state index contributed by atoms with van der Waals surface area (Å²) in [4.78, 5) is 52.0. The van der Waals surface area contributed by atoms with Crippen molar-refractivity contribution in [2.45, 2.75) is 67.7 Å². The second-order valence-corrected chi connectivity index (χ2v) is 16.1. The molecule has 1 amide bonds. The van der Waals surface area contributed by atoms with Gasteiger partial charge in [0, 0.05) is 46.8 Å². The highest BCUT2D eigenvalue weighted by atomic mass is 19.1. The van der Waals surface area contributed by atoms with E-state index in [0.717, 1.165) is 5.56 Å². The van der Waals surface area contributed by atoms with E-state index in [1.54, 1.807) is 24.5 Å². The van der Waals surface area contributed by atoms with E-state index in [1.807, 2.05) is 71.9 Å². The molecule has 0 fully saturated rings. The predicted molar refractivity (Wildman–Crippen MR) is 227 cm³/mol. The van der Waals surface area contributed by atoms with E-state index in [2.05, 4.69) is 25.3 Å². The minimum absolute atomic E-state index is 0. The second kappa shape index (κ2) is 18.2. The molecule has 0 aliphatic heterocycles. The zero-order chi connectivity index (χ0) is 43.5. The molecule has 0 aliphatic rings. The lowest BCUT2D eigenvalue weighted by molar-refractivity contribution is 0.0586. The molecule has 0 radical (unpaired) electrons. The third-order valence-electron chi connectivity index (χ3n) is 9.61. The van der Waals surface area contributed by atoms with Gasteiger partial charge in [-0.25, -0.2) is 33.1 Å². The van der Waals surface area contributed by atoms with Crippen molar-refractivity contribution in [2.24, 2.45) is 16.6 Å². The number of hydrogen-bond donors (Lipinski definition) is 4. The van der Waals surface area contributed by atoms with Crippen molar-refractivity contribution in [3.63, 3.8) is 0 Å². The zero-order valence-electron chi connectivity index (χ0n) is 34.4. The van der Waals surface area contributed by atoms with Crippen LogP contribution in [0.1, 0.15) is 101 Å². The Bertz CT molecular complexity index is 2660. The summed E-state index contributed by atoms with van der Waals surface area (Å²) in [5.41, 5.74) is 8.44. The average Bonchev–Trinajstić information content (AvgIpc) is 4.02. The van der Waals surface area contributed by atoms with Crippen molar-refractivity contribution in [3.8, 4) is 22.6 Å². The number of nitrogens with two attached hydrogens (primary N) is 1. The van der Waals surface area contributed by atoms with E-state index < -0.39 is 41.3 Å². The van der Waals surface area contributed by atoms with Gasteiger partial charge in [0.15, 0.2) is 22.9 Å². The predicted octanol–water partition coefficient (Wildman–Crippen LogP) is 10.4. The summed E-state index contributed by atoms with van der Waals surface area (Å²) in [6.07, 6.45) is 2.58. The van der Waals surface area contributed by atoms with E-state index in [9.17, 15) is 23.2 Å². The number of fused-ring (bicyclic) bond motifs is 2. The SMILES string of the molecule is C.COC(=O)c1nc([C@@H](N)C(C)(C)C)oc1-c1c[nH]c2ccc(F)cc12.COC(=O)c1nc([C@@H](NC(=O)OCc2ccccc2)C(C)(C)C)oc1-c1c[nH]c2ccc(F)cc12.[HH]. The van der Waals surface area contributed by atoms with Crippen LogP contribution in [0.3, 0.4) is 0 Å². The number of aromatic nitrogens is 4. The number of carbonyl (C=O) groups excluding carboxylic acids is 3. The van der Waals surface area contributed by atoms with Gasteiger partial charge in [-0.3, -0.25) is 0 Å². The van der Waals surface area contributed by atoms with Crippen LogP contribution in [0.5, 0.6) is 0 Å². The fourth-order valence-corrected chi connectivity index (χ4v) is 6.23. The van der Waals surface area contributed by atoms with Crippen LogP contribution < -0.4 is 11.1 Å². The first-order chi connectivity index (χ1) is 28.4. The Kier molecular flexibility index (Phi) is 13.5. The Balaban J connectivity index is 0.000000278. The first kappa shape index (κ1) is 45.3. The molecule has 16 heteroatoms. The summed E-state index contributed by atoms with van der Waals surface area (Å²) in [6.45, 7) is 11.6. The molecule has 5 N–H and O–H groups in total. The van der Waals surface area contributed by atoms with Gasteiger partial charge in [0.2, 0.25) is 11.8 Å². The monoisotopic (exact) mass is 842 g/mol. The summed E-state index contributed by atoms with van der Waals surface area (Å²) in [7, 11) is 2.49. The van der Waals surface area contributed by atoms with Crippen molar-refractivity contribution in [2.75, 3.05) is 14.2 Å². The number of amides is 1. The molecule has 324 valence electrons. The molecular formula is C45H52F2N6O8. The van der Waals surface area contributed by atoms with Gasteiger partial charge in [-0.2, -0.15) is 0 Å². The highest BCUT2D eigenvalue weighted by molar-refractivity contribution is 6.02. The van der Waals surface area contributed by atoms with E-state index >= 15 is 0 Å². The van der Waals surface area contributed by atoms with Gasteiger partial charge in [0.25, 0.3) is 0 Å². The Morgan fingerprint density at radius 3 is 1.69 bits per heavy atom. The topological polar surface area (TPSA) is 201 Å². The third-order valence-corrected chi connectivity index (χ3v) is 9.61. The number of benzene rings is 3. The fraction of sp³-hybridized carbons (Fsp3) is 0.311. The molecule has 0 bridgehead atoms. The lowest BCUT2D eigenvalue weighted by atomic mass is 9.87. The number of oxazole rings is 2. The fourth-order valence-electron chi connectivity index (χ4n) is 6.23. The molecular weight excluding hydrogens is 791 g/mol. The van der Waals surface area contributed by atoms with Crippen LogP contribution in [0.4, 0.5) is 13.6 Å². The van der Waals surface area contributed by atoms with Crippen LogP contribution >= 0.6 is 0 Å². The lowest BCUT2D eigenvalue weighted by Crippen LogP contribution is -2.37. The molecule has 0 saturated heterocycles. The van der Waals surface area contributed by atoms with Gasteiger partial charge in [0.05, 0.1) is 20.3 Å². The maximum absolute atomic E-state index is 14.0. The van der Waals surface area contributed by atoms with Gasteiger partial charge in [-0.1, -0.05) is 79.3 Å². The van der Waals surface area contributed by atoms with Gasteiger partial charge in [0.1, 0.15) is 24.3 Å². The van der Waals surface area contributed by atoms with Crippen molar-refractivity contribution in [1.29, 1.82) is 0 Å². The molecule has 0 aliphatic carbocycles. The van der Waals surface area contributed by atoms with Crippen LogP contribution in [-0.2, 0) is 20.8 Å². The first-order valence-corrected chi connectivity index (χ1v) is 18.8. The molecule has 4 aromatic heterocycles. The maximum atomic E-state index is 14.0. The Labute approximate surface area is 352 Å². The van der Waals surface area contributed by atoms with E-state index in [-0.39, 0.29) is 61.4 Å². The summed E-state index contributed by atoms with van der Waals surface area (Å²) in [5.74, 6) is -1.55.